The van der Waals surface area contributed by atoms with E-state index in [1.807, 2.05) is 0 Å². The van der Waals surface area contributed by atoms with E-state index in [1.165, 1.54) is 15.9 Å². The Bertz CT molecular complexity index is 1050. The summed E-state index contributed by atoms with van der Waals surface area (Å²) in [5.74, 6) is -2.04. The summed E-state index contributed by atoms with van der Waals surface area (Å²) < 4.78 is 28.2. The third-order valence-electron chi connectivity index (χ3n) is 3.39. The predicted molar refractivity (Wildman–Crippen MR) is 99.8 cm³/mol. The van der Waals surface area contributed by atoms with E-state index in [9.17, 15) is 18.4 Å². The van der Waals surface area contributed by atoms with Crippen molar-refractivity contribution in [1.82, 2.24) is 9.55 Å². The summed E-state index contributed by atoms with van der Waals surface area (Å²) in [5.41, 5.74) is -0.448. The van der Waals surface area contributed by atoms with Crippen LogP contribution in [0.5, 0.6) is 0 Å². The lowest BCUT2D eigenvalue weighted by Gasteiger charge is -2.10. The molecule has 1 aromatic carbocycles. The maximum Gasteiger partial charge on any atom is 0.263 e. The number of thioether (sulfide) groups is 1. The number of nitrogens with zero attached hydrogens (tertiary/aromatic N) is 2. The molecular weight excluding hydrogens is 380 g/mol. The number of fused-ring (bicyclic) bond motifs is 1. The molecule has 26 heavy (non-hydrogen) atoms. The number of carbonyl (C=O) groups is 1. The first-order valence-corrected chi connectivity index (χ1v) is 9.32. The van der Waals surface area contributed by atoms with E-state index in [1.54, 1.807) is 17.5 Å². The summed E-state index contributed by atoms with van der Waals surface area (Å²) in [6.07, 6.45) is 1.56. The third kappa shape index (κ3) is 3.83. The molecule has 134 valence electrons. The fraction of sp³-hybridized carbons (Fsp3) is 0.118. The number of amides is 1. The first-order valence-electron chi connectivity index (χ1n) is 7.46. The van der Waals surface area contributed by atoms with Crippen LogP contribution in [0, 0.1) is 11.6 Å². The number of anilines is 1. The second-order valence-corrected chi connectivity index (χ2v) is 7.04. The van der Waals surface area contributed by atoms with Gasteiger partial charge in [-0.1, -0.05) is 17.8 Å². The average Bonchev–Trinajstić information content (AvgIpc) is 3.08. The largest absolute Gasteiger partial charge is 0.323 e. The van der Waals surface area contributed by atoms with Gasteiger partial charge in [0.1, 0.15) is 16.5 Å². The van der Waals surface area contributed by atoms with E-state index in [2.05, 4.69) is 16.9 Å². The zero-order chi connectivity index (χ0) is 18.7. The minimum atomic E-state index is -0.730. The highest BCUT2D eigenvalue weighted by atomic mass is 32.2. The van der Waals surface area contributed by atoms with Crippen molar-refractivity contribution in [2.75, 3.05) is 11.1 Å². The van der Waals surface area contributed by atoms with Crippen molar-refractivity contribution in [3.05, 3.63) is 64.3 Å². The molecule has 3 rings (SSSR count). The van der Waals surface area contributed by atoms with Crippen molar-refractivity contribution in [2.24, 2.45) is 0 Å². The Morgan fingerprint density at radius 3 is 2.96 bits per heavy atom. The number of nitrogens with one attached hydrogen (secondary N) is 1. The van der Waals surface area contributed by atoms with E-state index < -0.39 is 17.5 Å². The van der Waals surface area contributed by atoms with Crippen molar-refractivity contribution < 1.29 is 13.6 Å². The van der Waals surface area contributed by atoms with E-state index in [4.69, 9.17) is 0 Å². The van der Waals surface area contributed by atoms with Crippen LogP contribution in [0.1, 0.15) is 0 Å². The van der Waals surface area contributed by atoms with Gasteiger partial charge >= 0.3 is 0 Å². The van der Waals surface area contributed by atoms with Gasteiger partial charge in [-0.2, -0.15) is 0 Å². The normalized spacial score (nSPS) is 10.8. The first kappa shape index (κ1) is 18.3. The van der Waals surface area contributed by atoms with Gasteiger partial charge in [0.15, 0.2) is 5.16 Å². The van der Waals surface area contributed by atoms with Crippen LogP contribution in [0.15, 0.2) is 52.3 Å². The molecule has 3 aromatic rings. The Morgan fingerprint density at radius 2 is 2.19 bits per heavy atom. The molecule has 1 amide bonds. The number of rotatable bonds is 6. The number of thiophene rings is 1. The van der Waals surface area contributed by atoms with Gasteiger partial charge < -0.3 is 5.32 Å². The van der Waals surface area contributed by atoms with Crippen molar-refractivity contribution in [2.45, 2.75) is 11.7 Å². The van der Waals surface area contributed by atoms with Gasteiger partial charge in [0.05, 0.1) is 16.8 Å². The number of hydrogen-bond acceptors (Lipinski definition) is 5. The number of allylic oxidation sites excluding steroid dienone is 1. The van der Waals surface area contributed by atoms with Gasteiger partial charge in [0.25, 0.3) is 5.56 Å². The molecule has 2 heterocycles. The molecule has 0 atom stereocenters. The molecule has 0 saturated heterocycles. The first-order chi connectivity index (χ1) is 12.5. The molecule has 0 aliphatic carbocycles. The van der Waals surface area contributed by atoms with Crippen molar-refractivity contribution in [1.29, 1.82) is 0 Å². The molecule has 5 nitrogen and oxygen atoms in total. The van der Waals surface area contributed by atoms with Crippen LogP contribution in [0.3, 0.4) is 0 Å². The summed E-state index contributed by atoms with van der Waals surface area (Å²) in [4.78, 5) is 29.5. The molecule has 0 radical (unpaired) electrons. The van der Waals surface area contributed by atoms with Gasteiger partial charge in [0, 0.05) is 12.6 Å². The van der Waals surface area contributed by atoms with Crippen LogP contribution in [0.2, 0.25) is 0 Å². The number of hydrogen-bond donors (Lipinski definition) is 1. The summed E-state index contributed by atoms with van der Waals surface area (Å²) in [6.45, 7) is 3.87. The average molecular weight is 393 g/mol. The van der Waals surface area contributed by atoms with Gasteiger partial charge in [-0.15, -0.1) is 17.9 Å². The van der Waals surface area contributed by atoms with Crippen molar-refractivity contribution in [3.8, 4) is 0 Å². The third-order valence-corrected chi connectivity index (χ3v) is 5.18. The number of halogens is 2. The van der Waals surface area contributed by atoms with Crippen LogP contribution >= 0.6 is 23.1 Å². The minimum Gasteiger partial charge on any atom is -0.323 e. The Balaban J connectivity index is 1.79. The minimum absolute atomic E-state index is 0.115. The lowest BCUT2D eigenvalue weighted by molar-refractivity contribution is -0.113. The molecule has 0 fully saturated rings. The quantitative estimate of drug-likeness (QED) is 0.394. The molecule has 0 unspecified atom stereocenters. The standard InChI is InChI=1S/C17H13F2N3O2S2/c1-2-6-22-16(24)11-5-7-25-15(11)21-17(22)26-9-14(23)20-13-8-10(18)3-4-12(13)19/h2-5,7-8H,1,6,9H2,(H,20,23). The fourth-order valence-corrected chi connectivity index (χ4v) is 3.85. The highest BCUT2D eigenvalue weighted by Gasteiger charge is 2.14. The molecule has 0 saturated carbocycles. The molecule has 0 aliphatic rings. The van der Waals surface area contributed by atoms with E-state index in [0.29, 0.717) is 15.4 Å². The lowest BCUT2D eigenvalue weighted by Crippen LogP contribution is -2.23. The SMILES string of the molecule is C=CCn1c(SCC(=O)Nc2cc(F)ccc2F)nc2sccc2c1=O. The molecule has 1 N–H and O–H groups in total. The van der Waals surface area contributed by atoms with Crippen LogP contribution in [0.4, 0.5) is 14.5 Å². The highest BCUT2D eigenvalue weighted by Crippen LogP contribution is 2.22. The zero-order valence-electron chi connectivity index (χ0n) is 13.4. The van der Waals surface area contributed by atoms with E-state index in [-0.39, 0.29) is 23.5 Å². The maximum atomic E-state index is 13.6. The molecule has 0 spiro atoms. The number of carbonyl (C=O) groups excluding carboxylic acids is 1. The topological polar surface area (TPSA) is 64.0 Å². The Morgan fingerprint density at radius 1 is 1.38 bits per heavy atom. The fourth-order valence-electron chi connectivity index (χ4n) is 2.24. The van der Waals surface area contributed by atoms with Crippen LogP contribution in [-0.2, 0) is 11.3 Å². The van der Waals surface area contributed by atoms with Gasteiger partial charge in [-0.25, -0.2) is 13.8 Å². The predicted octanol–water partition coefficient (Wildman–Crippen LogP) is 3.65. The summed E-state index contributed by atoms with van der Waals surface area (Å²) in [5, 5.41) is 4.95. The Labute approximate surface area is 155 Å². The number of aromatic nitrogens is 2. The molecule has 2 aromatic heterocycles. The van der Waals surface area contributed by atoms with Crippen molar-refractivity contribution >= 4 is 44.9 Å². The highest BCUT2D eigenvalue weighted by molar-refractivity contribution is 7.99. The zero-order valence-corrected chi connectivity index (χ0v) is 15.0. The van der Waals surface area contributed by atoms with Gasteiger partial charge in [-0.3, -0.25) is 14.2 Å². The molecular formula is C17H13F2N3O2S2. The summed E-state index contributed by atoms with van der Waals surface area (Å²) >= 11 is 2.37. The second kappa shape index (κ2) is 7.79. The molecule has 0 bridgehead atoms. The molecule has 9 heteroatoms. The van der Waals surface area contributed by atoms with Crippen LogP contribution in [0.25, 0.3) is 10.2 Å². The smallest absolute Gasteiger partial charge is 0.263 e. The summed E-state index contributed by atoms with van der Waals surface area (Å²) in [6, 6.07) is 4.50. The maximum absolute atomic E-state index is 13.6. The Kier molecular flexibility index (Phi) is 5.48. The number of benzene rings is 1. The summed E-state index contributed by atoms with van der Waals surface area (Å²) in [7, 11) is 0. The van der Waals surface area contributed by atoms with E-state index >= 15 is 0 Å². The van der Waals surface area contributed by atoms with Crippen LogP contribution < -0.4 is 10.9 Å². The van der Waals surface area contributed by atoms with Gasteiger partial charge in [0.2, 0.25) is 5.91 Å². The second-order valence-electron chi connectivity index (χ2n) is 5.20. The Hall–Kier alpha value is -2.52. The van der Waals surface area contributed by atoms with Crippen molar-refractivity contribution in [3.63, 3.8) is 0 Å². The van der Waals surface area contributed by atoms with Gasteiger partial charge in [-0.05, 0) is 23.6 Å². The lowest BCUT2D eigenvalue weighted by atomic mass is 10.3. The monoisotopic (exact) mass is 393 g/mol. The van der Waals surface area contributed by atoms with E-state index in [0.717, 1.165) is 30.0 Å². The molecule has 0 aliphatic heterocycles. The van der Waals surface area contributed by atoms with Crippen LogP contribution in [-0.4, -0.2) is 21.2 Å².